The Morgan fingerprint density at radius 2 is 1.67 bits per heavy atom. The van der Waals surface area contributed by atoms with Crippen LogP contribution in [0.2, 0.25) is 0 Å². The second kappa shape index (κ2) is 14.3. The molecule has 12 heteroatoms. The minimum Gasteiger partial charge on any atom is -0.480 e. The summed E-state index contributed by atoms with van der Waals surface area (Å²) in [5.41, 5.74) is 16.2. The molecule has 0 saturated carbocycles. The smallest absolute Gasteiger partial charge is 0.326 e. The van der Waals surface area contributed by atoms with Crippen molar-refractivity contribution in [3.8, 4) is 0 Å². The first-order valence-corrected chi connectivity index (χ1v) is 9.87. The van der Waals surface area contributed by atoms with Crippen LogP contribution < -0.4 is 33.2 Å². The van der Waals surface area contributed by atoms with Crippen molar-refractivity contribution in [2.45, 2.75) is 64.1 Å². The summed E-state index contributed by atoms with van der Waals surface area (Å²) in [7, 11) is 0. The first-order valence-electron chi connectivity index (χ1n) is 9.87. The topological polar surface area (TPSA) is 220 Å². The Labute approximate surface area is 175 Å². The fourth-order valence-corrected chi connectivity index (χ4v) is 2.53. The zero-order valence-corrected chi connectivity index (χ0v) is 17.5. The molecule has 0 fully saturated rings. The van der Waals surface area contributed by atoms with Gasteiger partial charge in [0.25, 0.3) is 0 Å². The van der Waals surface area contributed by atoms with Crippen molar-refractivity contribution in [2.75, 3.05) is 13.1 Å². The number of hydrogen-bond acceptors (Lipinski definition) is 7. The molecule has 0 saturated heterocycles. The van der Waals surface area contributed by atoms with Crippen molar-refractivity contribution in [3.63, 3.8) is 0 Å². The molecule has 0 aromatic carbocycles. The number of amides is 4. The van der Waals surface area contributed by atoms with Gasteiger partial charge < -0.3 is 38.3 Å². The highest BCUT2D eigenvalue weighted by molar-refractivity contribution is 5.95. The molecule has 4 atom stereocenters. The minimum absolute atomic E-state index is 0.378. The number of aliphatic carboxylic acids is 1. The van der Waals surface area contributed by atoms with Gasteiger partial charge in [-0.15, -0.1) is 0 Å². The van der Waals surface area contributed by atoms with Gasteiger partial charge in [0.2, 0.25) is 23.6 Å². The zero-order valence-electron chi connectivity index (χ0n) is 17.5. The summed E-state index contributed by atoms with van der Waals surface area (Å²) in [5, 5.41) is 16.2. The number of rotatable bonds is 15. The monoisotopic (exact) mass is 430 g/mol. The van der Waals surface area contributed by atoms with Gasteiger partial charge in [0, 0.05) is 0 Å². The maximum Gasteiger partial charge on any atom is 0.326 e. The van der Waals surface area contributed by atoms with E-state index in [1.54, 1.807) is 13.8 Å². The lowest BCUT2D eigenvalue weighted by molar-refractivity contribution is -0.143. The van der Waals surface area contributed by atoms with E-state index in [4.69, 9.17) is 17.2 Å². The SMILES string of the molecule is CCC(C)C(NC(=O)C(CC(N)=O)NC(=O)CNC(=O)C(N)CCCCN)C(=O)O. The standard InChI is InChI=1S/C18H34N6O6/c1-3-10(2)15(18(29)30)24-17(28)12(8-13(21)25)23-14(26)9-22-16(27)11(20)6-4-5-7-19/h10-12,15H,3-9,19-20H2,1-2H3,(H2,21,25)(H,22,27)(H,23,26)(H,24,28)(H,29,30). The Kier molecular flexibility index (Phi) is 13.0. The van der Waals surface area contributed by atoms with E-state index in [2.05, 4.69) is 16.0 Å². The number of nitrogens with two attached hydrogens (primary N) is 3. The van der Waals surface area contributed by atoms with Crippen molar-refractivity contribution in [3.05, 3.63) is 0 Å². The average molecular weight is 431 g/mol. The second-order valence-electron chi connectivity index (χ2n) is 7.11. The molecule has 0 aromatic heterocycles. The molecule has 30 heavy (non-hydrogen) atoms. The van der Waals surface area contributed by atoms with Crippen LogP contribution in [0.3, 0.4) is 0 Å². The number of carboxylic acid groups (broad SMARTS) is 1. The molecular formula is C18H34N6O6. The minimum atomic E-state index is -1.38. The molecule has 0 aromatic rings. The Morgan fingerprint density at radius 1 is 1.03 bits per heavy atom. The molecule has 4 unspecified atom stereocenters. The Bertz CT molecular complexity index is 614. The molecule has 12 nitrogen and oxygen atoms in total. The van der Waals surface area contributed by atoms with Gasteiger partial charge in [-0.05, 0) is 25.3 Å². The summed E-state index contributed by atoms with van der Waals surface area (Å²) < 4.78 is 0. The lowest BCUT2D eigenvalue weighted by atomic mass is 9.98. The average Bonchev–Trinajstić information content (AvgIpc) is 2.68. The van der Waals surface area contributed by atoms with Crippen molar-refractivity contribution in [1.29, 1.82) is 0 Å². The largest absolute Gasteiger partial charge is 0.480 e. The van der Waals surface area contributed by atoms with Crippen LogP contribution in [0.4, 0.5) is 0 Å². The van der Waals surface area contributed by atoms with E-state index < -0.39 is 60.7 Å². The number of carbonyl (C=O) groups excluding carboxylic acids is 4. The third kappa shape index (κ3) is 10.7. The second-order valence-corrected chi connectivity index (χ2v) is 7.11. The zero-order chi connectivity index (χ0) is 23.3. The molecule has 0 heterocycles. The van der Waals surface area contributed by atoms with E-state index in [9.17, 15) is 29.1 Å². The van der Waals surface area contributed by atoms with E-state index in [1.807, 2.05) is 0 Å². The van der Waals surface area contributed by atoms with Crippen molar-refractivity contribution in [1.82, 2.24) is 16.0 Å². The third-order valence-corrected chi connectivity index (χ3v) is 4.56. The molecule has 0 aliphatic heterocycles. The molecule has 0 spiro atoms. The highest BCUT2D eigenvalue weighted by Crippen LogP contribution is 2.08. The predicted molar refractivity (Wildman–Crippen MR) is 109 cm³/mol. The summed E-state index contributed by atoms with van der Waals surface area (Å²) >= 11 is 0. The Hall–Kier alpha value is -2.73. The van der Waals surface area contributed by atoms with Crippen molar-refractivity contribution in [2.24, 2.45) is 23.1 Å². The van der Waals surface area contributed by atoms with Crippen molar-refractivity contribution < 1.29 is 29.1 Å². The maximum absolute atomic E-state index is 12.4. The van der Waals surface area contributed by atoms with Gasteiger partial charge in [-0.3, -0.25) is 19.2 Å². The number of nitrogens with one attached hydrogen (secondary N) is 3. The maximum atomic E-state index is 12.4. The molecule has 0 rings (SSSR count). The lowest BCUT2D eigenvalue weighted by Gasteiger charge is -2.24. The summed E-state index contributed by atoms with van der Waals surface area (Å²) in [6.45, 7) is 3.42. The van der Waals surface area contributed by atoms with Crippen LogP contribution in [0.1, 0.15) is 46.0 Å². The van der Waals surface area contributed by atoms with Crippen LogP contribution in [0.25, 0.3) is 0 Å². The number of primary amides is 1. The molecule has 0 aliphatic carbocycles. The summed E-state index contributed by atoms with van der Waals surface area (Å²) in [4.78, 5) is 59.1. The Morgan fingerprint density at radius 3 is 2.17 bits per heavy atom. The Balaban J connectivity index is 4.86. The van der Waals surface area contributed by atoms with Crippen LogP contribution in [-0.2, 0) is 24.0 Å². The van der Waals surface area contributed by atoms with Crippen LogP contribution in [0.15, 0.2) is 0 Å². The first kappa shape index (κ1) is 27.3. The van der Waals surface area contributed by atoms with Gasteiger partial charge in [-0.25, -0.2) is 4.79 Å². The van der Waals surface area contributed by atoms with E-state index in [1.165, 1.54) is 0 Å². The highest BCUT2D eigenvalue weighted by atomic mass is 16.4. The van der Waals surface area contributed by atoms with Crippen molar-refractivity contribution >= 4 is 29.6 Å². The van der Waals surface area contributed by atoms with Gasteiger partial charge in [-0.2, -0.15) is 0 Å². The quantitative estimate of drug-likeness (QED) is 0.138. The van der Waals surface area contributed by atoms with E-state index in [0.717, 1.165) is 6.42 Å². The van der Waals surface area contributed by atoms with Gasteiger partial charge in [0.1, 0.15) is 12.1 Å². The van der Waals surface area contributed by atoms with Crippen LogP contribution in [-0.4, -0.2) is 65.9 Å². The molecule has 0 aliphatic rings. The first-order chi connectivity index (χ1) is 14.0. The predicted octanol–water partition coefficient (Wildman–Crippen LogP) is -2.47. The van der Waals surface area contributed by atoms with E-state index in [-0.39, 0.29) is 5.92 Å². The van der Waals surface area contributed by atoms with Gasteiger partial charge in [-0.1, -0.05) is 26.7 Å². The number of unbranched alkanes of at least 4 members (excludes halogenated alkanes) is 1. The van der Waals surface area contributed by atoms with Crippen LogP contribution in [0, 0.1) is 5.92 Å². The fraction of sp³-hybridized carbons (Fsp3) is 0.722. The summed E-state index contributed by atoms with van der Waals surface area (Å²) in [5.74, 6) is -4.64. The summed E-state index contributed by atoms with van der Waals surface area (Å²) in [6.07, 6.45) is 1.75. The molecule has 0 radical (unpaired) electrons. The van der Waals surface area contributed by atoms with Gasteiger partial charge in [0.15, 0.2) is 0 Å². The third-order valence-electron chi connectivity index (χ3n) is 4.56. The van der Waals surface area contributed by atoms with E-state index >= 15 is 0 Å². The number of hydrogen-bond donors (Lipinski definition) is 7. The number of carbonyl (C=O) groups is 5. The number of carboxylic acids is 1. The van der Waals surface area contributed by atoms with Gasteiger partial charge in [0.05, 0.1) is 19.0 Å². The van der Waals surface area contributed by atoms with Crippen LogP contribution in [0.5, 0.6) is 0 Å². The molecule has 4 amide bonds. The molecule has 0 bridgehead atoms. The molecule has 10 N–H and O–H groups in total. The molecular weight excluding hydrogens is 396 g/mol. The fourth-order valence-electron chi connectivity index (χ4n) is 2.53. The van der Waals surface area contributed by atoms with E-state index in [0.29, 0.717) is 25.8 Å². The normalized spacial score (nSPS) is 14.7. The van der Waals surface area contributed by atoms with Crippen LogP contribution >= 0.6 is 0 Å². The van der Waals surface area contributed by atoms with Gasteiger partial charge >= 0.3 is 5.97 Å². The molecule has 172 valence electrons. The highest BCUT2D eigenvalue weighted by Gasteiger charge is 2.30. The summed E-state index contributed by atoms with van der Waals surface area (Å²) in [6, 6.07) is -3.38. The lowest BCUT2D eigenvalue weighted by Crippen LogP contribution is -2.55.